The summed E-state index contributed by atoms with van der Waals surface area (Å²) in [6.07, 6.45) is 0. The summed E-state index contributed by atoms with van der Waals surface area (Å²) in [6, 6.07) is 0. The Bertz CT molecular complexity index is 611. The van der Waals surface area contributed by atoms with Gasteiger partial charge >= 0.3 is 0 Å². The van der Waals surface area contributed by atoms with E-state index in [1.54, 1.807) is 12.6 Å². The monoisotopic (exact) mass is 465 g/mol. The van der Waals surface area contributed by atoms with Gasteiger partial charge in [0, 0.05) is 37.6 Å². The van der Waals surface area contributed by atoms with Gasteiger partial charge in [-0.1, -0.05) is 13.8 Å². The number of halogens is 1. The number of hydrogen-bond donors (Lipinski definition) is 2. The van der Waals surface area contributed by atoms with Gasteiger partial charge in [-0.25, -0.2) is 4.98 Å². The van der Waals surface area contributed by atoms with Gasteiger partial charge in [0.15, 0.2) is 5.96 Å². The fraction of sp³-hybridized carbons (Fsp3) is 0.688. The molecule has 8 heteroatoms. The summed E-state index contributed by atoms with van der Waals surface area (Å²) >= 11 is 1.37. The predicted molar refractivity (Wildman–Crippen MR) is 111 cm³/mol. The lowest BCUT2D eigenvalue weighted by Crippen LogP contribution is -2.72. The second-order valence-corrected chi connectivity index (χ2v) is 7.88. The lowest BCUT2D eigenvalue weighted by atomic mass is 9.65. The summed E-state index contributed by atoms with van der Waals surface area (Å²) < 4.78 is 0. The van der Waals surface area contributed by atoms with Crippen LogP contribution in [-0.4, -0.2) is 54.0 Å². The lowest BCUT2D eigenvalue weighted by molar-refractivity contribution is -0.0666. The van der Waals surface area contributed by atoms with Crippen LogP contribution in [0.3, 0.4) is 0 Å². The van der Waals surface area contributed by atoms with E-state index >= 15 is 0 Å². The molecule has 1 aromatic rings. The topological polar surface area (TPSA) is 69.6 Å². The van der Waals surface area contributed by atoms with Gasteiger partial charge in [-0.05, 0) is 20.8 Å². The van der Waals surface area contributed by atoms with Gasteiger partial charge in [0.1, 0.15) is 4.88 Å². The van der Waals surface area contributed by atoms with Crippen LogP contribution >= 0.6 is 35.3 Å². The fourth-order valence-electron chi connectivity index (χ4n) is 2.65. The van der Waals surface area contributed by atoms with E-state index < -0.39 is 0 Å². The maximum Gasteiger partial charge on any atom is 0.263 e. The third-order valence-corrected chi connectivity index (χ3v) is 5.92. The molecule has 2 heterocycles. The zero-order valence-electron chi connectivity index (χ0n) is 15.3. The van der Waals surface area contributed by atoms with Crippen molar-refractivity contribution in [2.75, 3.05) is 26.7 Å². The molecule has 1 amide bonds. The minimum absolute atomic E-state index is 0. The molecule has 24 heavy (non-hydrogen) atoms. The zero-order valence-corrected chi connectivity index (χ0v) is 18.4. The van der Waals surface area contributed by atoms with Crippen LogP contribution in [0.15, 0.2) is 10.5 Å². The molecule has 0 unspecified atom stereocenters. The quantitative estimate of drug-likeness (QED) is 0.310. The molecular weight excluding hydrogens is 437 g/mol. The summed E-state index contributed by atoms with van der Waals surface area (Å²) in [5, 5.41) is 6.24. The number of aryl methyl sites for hydroxylation is 1. The highest BCUT2D eigenvalue weighted by Crippen LogP contribution is 2.46. The Labute approximate surface area is 165 Å². The number of carbonyl (C=O) groups is 1. The number of rotatable bonds is 4. The molecule has 0 radical (unpaired) electrons. The Morgan fingerprint density at radius 1 is 1.33 bits per heavy atom. The summed E-state index contributed by atoms with van der Waals surface area (Å²) in [6.45, 7) is 13.0. The van der Waals surface area contributed by atoms with Crippen molar-refractivity contribution in [3.8, 4) is 0 Å². The first-order chi connectivity index (χ1) is 10.7. The largest absolute Gasteiger partial charge is 0.354 e. The van der Waals surface area contributed by atoms with E-state index in [1.807, 2.05) is 6.92 Å². The average Bonchev–Trinajstić information content (AvgIpc) is 2.91. The predicted octanol–water partition coefficient (Wildman–Crippen LogP) is 2.50. The highest BCUT2D eigenvalue weighted by Gasteiger charge is 2.53. The van der Waals surface area contributed by atoms with E-state index in [1.165, 1.54) is 11.3 Å². The molecule has 0 atom stereocenters. The van der Waals surface area contributed by atoms with Crippen LogP contribution in [0.5, 0.6) is 0 Å². The number of aliphatic imine (C=N–C) groups is 1. The number of thiazole rings is 1. The molecule has 1 aliphatic heterocycles. The number of aromatic nitrogens is 1. The zero-order chi connectivity index (χ0) is 17.3. The van der Waals surface area contributed by atoms with Crippen molar-refractivity contribution >= 4 is 47.2 Å². The second kappa shape index (κ2) is 7.99. The molecular formula is C16H28IN5OS. The minimum Gasteiger partial charge on any atom is -0.354 e. The summed E-state index contributed by atoms with van der Waals surface area (Å²) in [7, 11) is 1.79. The highest BCUT2D eigenvalue weighted by molar-refractivity contribution is 14.0. The number of guanidine groups is 1. The standard InChI is InChI=1S/C16H27N5OS.HI/c1-11-12(23-10-20-11)13(22)18-7-8-19-14(17-6)21-9-15(2,3)16(21,4)5;/h10H,7-9H2,1-6H3,(H,17,19)(H,18,22);1H. The van der Waals surface area contributed by atoms with Crippen molar-refractivity contribution in [2.45, 2.75) is 40.2 Å². The van der Waals surface area contributed by atoms with E-state index in [9.17, 15) is 4.79 Å². The fourth-order valence-corrected chi connectivity index (χ4v) is 3.36. The van der Waals surface area contributed by atoms with Crippen molar-refractivity contribution in [2.24, 2.45) is 10.4 Å². The third-order valence-electron chi connectivity index (χ3n) is 5.00. The molecule has 0 aromatic carbocycles. The first kappa shape index (κ1) is 21.1. The highest BCUT2D eigenvalue weighted by atomic mass is 127. The van der Waals surface area contributed by atoms with Crippen LogP contribution in [0, 0.1) is 12.3 Å². The number of amides is 1. The van der Waals surface area contributed by atoms with Crippen LogP contribution in [0.4, 0.5) is 0 Å². The molecule has 2 rings (SSSR count). The van der Waals surface area contributed by atoms with E-state index in [4.69, 9.17) is 0 Å². The number of likely N-dealkylation sites (tertiary alicyclic amines) is 1. The molecule has 136 valence electrons. The van der Waals surface area contributed by atoms with E-state index in [-0.39, 0.29) is 40.8 Å². The van der Waals surface area contributed by atoms with Gasteiger partial charge in [-0.15, -0.1) is 35.3 Å². The number of nitrogens with one attached hydrogen (secondary N) is 2. The Balaban J connectivity index is 0.00000288. The van der Waals surface area contributed by atoms with Crippen LogP contribution in [0.2, 0.25) is 0 Å². The van der Waals surface area contributed by atoms with Crippen molar-refractivity contribution in [1.29, 1.82) is 0 Å². The van der Waals surface area contributed by atoms with Crippen LogP contribution in [0.1, 0.15) is 43.1 Å². The van der Waals surface area contributed by atoms with Crippen LogP contribution in [0.25, 0.3) is 0 Å². The maximum atomic E-state index is 12.0. The first-order valence-electron chi connectivity index (χ1n) is 7.87. The average molecular weight is 465 g/mol. The Morgan fingerprint density at radius 3 is 2.42 bits per heavy atom. The van der Waals surface area contributed by atoms with Gasteiger partial charge in [0.25, 0.3) is 5.91 Å². The van der Waals surface area contributed by atoms with Crippen molar-refractivity contribution in [3.05, 3.63) is 16.1 Å². The third kappa shape index (κ3) is 4.01. The molecule has 0 saturated carbocycles. The minimum atomic E-state index is -0.0628. The smallest absolute Gasteiger partial charge is 0.263 e. The van der Waals surface area contributed by atoms with Gasteiger partial charge < -0.3 is 15.5 Å². The summed E-state index contributed by atoms with van der Waals surface area (Å²) in [5.74, 6) is 0.824. The Hall–Kier alpha value is -0.900. The van der Waals surface area contributed by atoms with Gasteiger partial charge in [-0.2, -0.15) is 0 Å². The number of carbonyl (C=O) groups excluding carboxylic acids is 1. The normalized spacial score (nSPS) is 18.4. The first-order valence-corrected chi connectivity index (χ1v) is 8.75. The summed E-state index contributed by atoms with van der Waals surface area (Å²) in [5.41, 5.74) is 2.80. The molecule has 6 nitrogen and oxygen atoms in total. The van der Waals surface area contributed by atoms with E-state index in [0.29, 0.717) is 18.0 Å². The Morgan fingerprint density at radius 2 is 1.96 bits per heavy atom. The number of nitrogens with zero attached hydrogens (tertiary/aromatic N) is 3. The molecule has 1 saturated heterocycles. The second-order valence-electron chi connectivity index (χ2n) is 7.03. The van der Waals surface area contributed by atoms with Gasteiger partial charge in [0.05, 0.1) is 11.2 Å². The Kier molecular flexibility index (Phi) is 7.04. The van der Waals surface area contributed by atoms with Crippen LogP contribution in [-0.2, 0) is 0 Å². The van der Waals surface area contributed by atoms with E-state index in [2.05, 4.69) is 53.2 Å². The lowest BCUT2D eigenvalue weighted by Gasteiger charge is -2.62. The SMILES string of the molecule is CN=C(NCCNC(=O)c1scnc1C)N1CC(C)(C)C1(C)C.I. The molecule has 0 spiro atoms. The molecule has 2 N–H and O–H groups in total. The van der Waals surface area contributed by atoms with Crippen LogP contribution < -0.4 is 10.6 Å². The summed E-state index contributed by atoms with van der Waals surface area (Å²) in [4.78, 5) is 23.4. The van der Waals surface area contributed by atoms with Gasteiger partial charge in [-0.3, -0.25) is 9.79 Å². The van der Waals surface area contributed by atoms with Crippen molar-refractivity contribution in [3.63, 3.8) is 0 Å². The molecule has 1 aromatic heterocycles. The van der Waals surface area contributed by atoms with E-state index in [0.717, 1.165) is 18.2 Å². The molecule has 1 fully saturated rings. The molecule has 0 bridgehead atoms. The number of hydrogen-bond acceptors (Lipinski definition) is 4. The molecule has 0 aliphatic carbocycles. The maximum absolute atomic E-state index is 12.0. The van der Waals surface area contributed by atoms with Gasteiger partial charge in [0.2, 0.25) is 0 Å². The van der Waals surface area contributed by atoms with Crippen molar-refractivity contribution < 1.29 is 4.79 Å². The molecule has 1 aliphatic rings. The van der Waals surface area contributed by atoms with Crippen molar-refractivity contribution in [1.82, 2.24) is 20.5 Å².